The molecule has 2 nitrogen and oxygen atoms in total. The molecule has 0 atom stereocenters. The van der Waals surface area contributed by atoms with Crippen molar-refractivity contribution in [3.8, 4) is 5.75 Å². The van der Waals surface area contributed by atoms with Crippen LogP contribution in [-0.2, 0) is 6.54 Å². The number of halogens is 3. The zero-order chi connectivity index (χ0) is 12.3. The fourth-order valence-electron chi connectivity index (χ4n) is 1.33. The van der Waals surface area contributed by atoms with E-state index in [1.807, 2.05) is 6.07 Å². The van der Waals surface area contributed by atoms with E-state index in [1.165, 1.54) is 0 Å². The van der Waals surface area contributed by atoms with Crippen LogP contribution >= 0.6 is 44.3 Å². The monoisotopic (exact) mass is 385 g/mol. The molecule has 0 bridgehead atoms. The van der Waals surface area contributed by atoms with E-state index in [2.05, 4.69) is 64.0 Å². The van der Waals surface area contributed by atoms with Gasteiger partial charge >= 0.3 is 0 Å². The number of hydrogen-bond acceptors (Lipinski definition) is 2. The summed E-state index contributed by atoms with van der Waals surface area (Å²) in [6.45, 7) is 7.22. The number of rotatable bonds is 3. The first-order valence-electron chi connectivity index (χ1n) is 5.10. The fourth-order valence-corrected chi connectivity index (χ4v) is 2.81. The molecule has 0 saturated heterocycles. The van der Waals surface area contributed by atoms with Gasteiger partial charge in [0.05, 0.1) is 11.6 Å². The second kappa shape index (κ2) is 6.98. The van der Waals surface area contributed by atoms with Crippen LogP contribution in [0.25, 0.3) is 0 Å². The van der Waals surface area contributed by atoms with Crippen LogP contribution in [0.2, 0.25) is 0 Å². The van der Waals surface area contributed by atoms with Gasteiger partial charge in [0, 0.05) is 22.1 Å². The summed E-state index contributed by atoms with van der Waals surface area (Å²) in [6, 6.07) is 4.06. The Balaban J connectivity index is 0.00000256. The average Bonchev–Trinajstić information content (AvgIpc) is 2.12. The van der Waals surface area contributed by atoms with Gasteiger partial charge in [0.15, 0.2) is 0 Å². The third-order valence-corrected chi connectivity index (χ3v) is 3.15. The summed E-state index contributed by atoms with van der Waals surface area (Å²) in [5, 5.41) is 3.45. The standard InChI is InChI=1S/C12H17Br2NO.ClH/c1-12(2,3)15-7-8-5-9(13)6-10(14)11(8)16-4;/h5-6,15H,7H2,1-4H3;1H. The Kier molecular flexibility index (Phi) is 7.07. The molecule has 0 aliphatic heterocycles. The van der Waals surface area contributed by atoms with Crippen LogP contribution in [0.3, 0.4) is 0 Å². The van der Waals surface area contributed by atoms with Crippen LogP contribution in [0.15, 0.2) is 21.1 Å². The first-order chi connectivity index (χ1) is 7.33. The van der Waals surface area contributed by atoms with Crippen molar-refractivity contribution in [2.75, 3.05) is 7.11 Å². The van der Waals surface area contributed by atoms with Gasteiger partial charge in [-0.1, -0.05) is 15.9 Å². The number of hydrogen-bond donors (Lipinski definition) is 1. The van der Waals surface area contributed by atoms with Crippen LogP contribution < -0.4 is 10.1 Å². The topological polar surface area (TPSA) is 21.3 Å². The zero-order valence-electron chi connectivity index (χ0n) is 10.4. The number of methoxy groups -OCH3 is 1. The molecule has 1 aromatic rings. The summed E-state index contributed by atoms with van der Waals surface area (Å²) in [7, 11) is 1.69. The van der Waals surface area contributed by atoms with E-state index in [-0.39, 0.29) is 17.9 Å². The van der Waals surface area contributed by atoms with E-state index in [1.54, 1.807) is 7.11 Å². The van der Waals surface area contributed by atoms with Crippen molar-refractivity contribution in [1.29, 1.82) is 0 Å². The number of ether oxygens (including phenoxy) is 1. The van der Waals surface area contributed by atoms with Crippen molar-refractivity contribution < 1.29 is 4.74 Å². The average molecular weight is 388 g/mol. The predicted molar refractivity (Wildman–Crippen MR) is 82.2 cm³/mol. The normalized spacial score (nSPS) is 10.9. The molecular weight excluding hydrogens is 369 g/mol. The molecule has 0 spiro atoms. The van der Waals surface area contributed by atoms with Gasteiger partial charge in [-0.05, 0) is 48.8 Å². The molecule has 0 saturated carbocycles. The zero-order valence-corrected chi connectivity index (χ0v) is 14.4. The molecule has 1 N–H and O–H groups in total. The van der Waals surface area contributed by atoms with Crippen LogP contribution in [0.4, 0.5) is 0 Å². The minimum absolute atomic E-state index is 0. The fraction of sp³-hybridized carbons (Fsp3) is 0.500. The Labute approximate surface area is 126 Å². The molecule has 0 fully saturated rings. The highest BCUT2D eigenvalue weighted by Gasteiger charge is 2.13. The molecule has 5 heteroatoms. The molecule has 0 radical (unpaired) electrons. The quantitative estimate of drug-likeness (QED) is 0.823. The van der Waals surface area contributed by atoms with E-state index in [4.69, 9.17) is 4.74 Å². The minimum atomic E-state index is 0. The number of benzene rings is 1. The molecule has 0 heterocycles. The second-order valence-corrected chi connectivity index (χ2v) is 6.45. The lowest BCUT2D eigenvalue weighted by molar-refractivity contribution is 0.390. The highest BCUT2D eigenvalue weighted by molar-refractivity contribution is 9.11. The van der Waals surface area contributed by atoms with Gasteiger partial charge in [0.25, 0.3) is 0 Å². The van der Waals surface area contributed by atoms with Gasteiger partial charge in [-0.3, -0.25) is 0 Å². The minimum Gasteiger partial charge on any atom is -0.495 e. The number of nitrogens with one attached hydrogen (secondary N) is 1. The van der Waals surface area contributed by atoms with Crippen molar-refractivity contribution in [2.24, 2.45) is 0 Å². The van der Waals surface area contributed by atoms with E-state index < -0.39 is 0 Å². The first kappa shape index (κ1) is 17.2. The largest absolute Gasteiger partial charge is 0.495 e. The van der Waals surface area contributed by atoms with Gasteiger partial charge < -0.3 is 10.1 Å². The molecule has 0 amide bonds. The highest BCUT2D eigenvalue weighted by Crippen LogP contribution is 2.32. The lowest BCUT2D eigenvalue weighted by atomic mass is 10.1. The van der Waals surface area contributed by atoms with Gasteiger partial charge in [-0.25, -0.2) is 0 Å². The molecule has 1 rings (SSSR count). The summed E-state index contributed by atoms with van der Waals surface area (Å²) in [5.74, 6) is 0.889. The Morgan fingerprint density at radius 3 is 2.29 bits per heavy atom. The Hall–Kier alpha value is 0.230. The molecule has 98 valence electrons. The SMILES string of the molecule is COc1c(Br)cc(Br)cc1CNC(C)(C)C.Cl. The third-order valence-electron chi connectivity index (χ3n) is 2.10. The molecular formula is C12H18Br2ClNO. The summed E-state index contributed by atoms with van der Waals surface area (Å²) in [4.78, 5) is 0. The van der Waals surface area contributed by atoms with Gasteiger partial charge in [0.1, 0.15) is 5.75 Å². The summed E-state index contributed by atoms with van der Waals surface area (Å²) in [5.41, 5.74) is 1.23. The van der Waals surface area contributed by atoms with Crippen molar-refractivity contribution in [3.05, 3.63) is 26.6 Å². The van der Waals surface area contributed by atoms with Crippen molar-refractivity contribution in [3.63, 3.8) is 0 Å². The first-order valence-corrected chi connectivity index (χ1v) is 6.69. The maximum absolute atomic E-state index is 5.39. The van der Waals surface area contributed by atoms with E-state index >= 15 is 0 Å². The molecule has 1 aromatic carbocycles. The van der Waals surface area contributed by atoms with Crippen LogP contribution in [0.1, 0.15) is 26.3 Å². The lowest BCUT2D eigenvalue weighted by Crippen LogP contribution is -2.35. The Bertz CT molecular complexity index is 378. The summed E-state index contributed by atoms with van der Waals surface area (Å²) in [6.07, 6.45) is 0. The molecule has 0 aliphatic carbocycles. The molecule has 0 aliphatic rings. The van der Waals surface area contributed by atoms with E-state index in [0.717, 1.165) is 26.8 Å². The summed E-state index contributed by atoms with van der Waals surface area (Å²) >= 11 is 6.98. The van der Waals surface area contributed by atoms with Gasteiger partial charge in [0.2, 0.25) is 0 Å². The second-order valence-electron chi connectivity index (χ2n) is 4.68. The smallest absolute Gasteiger partial charge is 0.137 e. The van der Waals surface area contributed by atoms with Gasteiger partial charge in [-0.15, -0.1) is 12.4 Å². The van der Waals surface area contributed by atoms with Crippen molar-refractivity contribution >= 4 is 44.3 Å². The van der Waals surface area contributed by atoms with Crippen LogP contribution in [0.5, 0.6) is 5.75 Å². The van der Waals surface area contributed by atoms with Crippen molar-refractivity contribution in [2.45, 2.75) is 32.9 Å². The molecule has 0 unspecified atom stereocenters. The molecule has 0 aromatic heterocycles. The maximum atomic E-state index is 5.39. The summed E-state index contributed by atoms with van der Waals surface area (Å²) < 4.78 is 7.40. The van der Waals surface area contributed by atoms with Crippen molar-refractivity contribution in [1.82, 2.24) is 5.32 Å². The van der Waals surface area contributed by atoms with Crippen LogP contribution in [0, 0.1) is 0 Å². The Morgan fingerprint density at radius 1 is 1.24 bits per heavy atom. The van der Waals surface area contributed by atoms with Crippen LogP contribution in [-0.4, -0.2) is 12.6 Å². The highest BCUT2D eigenvalue weighted by atomic mass is 79.9. The van der Waals surface area contributed by atoms with Gasteiger partial charge in [-0.2, -0.15) is 0 Å². The lowest BCUT2D eigenvalue weighted by Gasteiger charge is -2.22. The predicted octanol–water partition coefficient (Wildman–Crippen LogP) is 4.53. The van der Waals surface area contributed by atoms with E-state index in [0.29, 0.717) is 0 Å². The maximum Gasteiger partial charge on any atom is 0.137 e. The Morgan fingerprint density at radius 2 is 1.82 bits per heavy atom. The van der Waals surface area contributed by atoms with E-state index in [9.17, 15) is 0 Å². The third kappa shape index (κ3) is 5.60. The molecule has 17 heavy (non-hydrogen) atoms.